The molecule has 1 unspecified atom stereocenters. The van der Waals surface area contributed by atoms with E-state index in [2.05, 4.69) is 48.4 Å². The topological polar surface area (TPSA) is 78.7 Å². The molecule has 2 fully saturated rings. The number of carbonyl (C=O) groups is 1. The molecule has 162 valence electrons. The van der Waals surface area contributed by atoms with Crippen LogP contribution in [0.3, 0.4) is 0 Å². The number of amides is 1. The van der Waals surface area contributed by atoms with Gasteiger partial charge in [-0.15, -0.1) is 0 Å². The number of nitrogens with one attached hydrogen (secondary N) is 1. The fourth-order valence-corrected chi connectivity index (χ4v) is 4.67. The van der Waals surface area contributed by atoms with Gasteiger partial charge in [0.05, 0.1) is 11.7 Å². The van der Waals surface area contributed by atoms with E-state index in [9.17, 15) is 4.79 Å². The van der Waals surface area contributed by atoms with Crippen LogP contribution in [0.5, 0.6) is 0 Å². The van der Waals surface area contributed by atoms with Gasteiger partial charge < -0.3 is 10.2 Å². The molecule has 1 aromatic carbocycles. The van der Waals surface area contributed by atoms with Gasteiger partial charge in [-0.05, 0) is 19.8 Å². The number of hydrogen-bond acceptors (Lipinski definition) is 6. The van der Waals surface area contributed by atoms with Crippen molar-refractivity contribution in [3.8, 4) is 11.3 Å². The Bertz CT molecular complexity index is 1040. The molecule has 0 bridgehead atoms. The molecule has 1 N–H and O–H groups in total. The van der Waals surface area contributed by atoms with Gasteiger partial charge in [0, 0.05) is 43.9 Å². The van der Waals surface area contributed by atoms with E-state index in [1.807, 2.05) is 25.1 Å². The molecule has 1 aliphatic carbocycles. The molecule has 1 saturated carbocycles. The number of piperazine rings is 1. The zero-order chi connectivity index (χ0) is 21.2. The molecule has 2 aliphatic rings. The van der Waals surface area contributed by atoms with Crippen LogP contribution < -0.4 is 10.2 Å². The normalized spacial score (nSPS) is 19.1. The Kier molecular flexibility index (Phi) is 5.55. The summed E-state index contributed by atoms with van der Waals surface area (Å²) in [6, 6.07) is 12.5. The van der Waals surface area contributed by atoms with Crippen molar-refractivity contribution in [1.29, 1.82) is 0 Å². The third kappa shape index (κ3) is 4.12. The van der Waals surface area contributed by atoms with Crippen molar-refractivity contribution in [2.45, 2.75) is 44.7 Å². The average Bonchev–Trinajstić information content (AvgIpc) is 3.50. The second kappa shape index (κ2) is 8.63. The smallest absolute Gasteiger partial charge is 0.254 e. The zero-order valence-electron chi connectivity index (χ0n) is 17.9. The minimum absolute atomic E-state index is 0.105. The predicted molar refractivity (Wildman–Crippen MR) is 120 cm³/mol. The molecule has 0 radical (unpaired) electrons. The van der Waals surface area contributed by atoms with Crippen molar-refractivity contribution in [2.24, 2.45) is 0 Å². The second-order valence-corrected chi connectivity index (χ2v) is 8.53. The van der Waals surface area contributed by atoms with E-state index >= 15 is 0 Å². The maximum Gasteiger partial charge on any atom is 0.254 e. The van der Waals surface area contributed by atoms with E-state index in [0.717, 1.165) is 56.1 Å². The van der Waals surface area contributed by atoms with Gasteiger partial charge in [0.15, 0.2) is 0 Å². The molecule has 1 saturated heterocycles. The molecule has 0 spiro atoms. The van der Waals surface area contributed by atoms with Crippen LogP contribution in [-0.2, 0) is 4.79 Å². The van der Waals surface area contributed by atoms with Crippen LogP contribution in [-0.4, -0.2) is 68.7 Å². The van der Waals surface area contributed by atoms with Crippen LogP contribution in [0, 0.1) is 0 Å². The van der Waals surface area contributed by atoms with E-state index in [1.165, 1.54) is 12.8 Å². The Hall–Kier alpha value is -3.00. The Morgan fingerprint density at radius 3 is 2.58 bits per heavy atom. The summed E-state index contributed by atoms with van der Waals surface area (Å²) >= 11 is 0. The van der Waals surface area contributed by atoms with Gasteiger partial charge in [-0.2, -0.15) is 14.6 Å². The maximum absolute atomic E-state index is 12.7. The first kappa shape index (κ1) is 19.9. The van der Waals surface area contributed by atoms with Gasteiger partial charge in [-0.1, -0.05) is 43.2 Å². The third-order valence-corrected chi connectivity index (χ3v) is 6.57. The van der Waals surface area contributed by atoms with Gasteiger partial charge in [0.2, 0.25) is 5.91 Å². The Balaban J connectivity index is 1.30. The van der Waals surface area contributed by atoms with E-state index in [-0.39, 0.29) is 11.9 Å². The lowest BCUT2D eigenvalue weighted by Gasteiger charge is -2.38. The van der Waals surface area contributed by atoms with Crippen molar-refractivity contribution < 1.29 is 4.79 Å². The van der Waals surface area contributed by atoms with Gasteiger partial charge in [0.25, 0.3) is 5.78 Å². The van der Waals surface area contributed by atoms with Crippen LogP contribution in [0.4, 0.5) is 5.82 Å². The third-order valence-electron chi connectivity index (χ3n) is 6.57. The predicted octanol–water partition coefficient (Wildman–Crippen LogP) is 2.36. The van der Waals surface area contributed by atoms with Crippen LogP contribution in [0.15, 0.2) is 42.7 Å². The SMILES string of the molecule is CC(C(=O)NC1CCCC1)N1CCN(c2cc(-c3ccccc3)nc3ncnn23)CC1. The number of carbonyl (C=O) groups excluding carboxylic acids is 1. The first-order valence-electron chi connectivity index (χ1n) is 11.2. The summed E-state index contributed by atoms with van der Waals surface area (Å²) in [4.78, 5) is 26.3. The molecule has 1 atom stereocenters. The molecule has 3 aromatic rings. The highest BCUT2D eigenvalue weighted by Gasteiger charge is 2.28. The molecule has 8 nitrogen and oxygen atoms in total. The van der Waals surface area contributed by atoms with Crippen molar-refractivity contribution in [3.63, 3.8) is 0 Å². The molecule has 5 rings (SSSR count). The van der Waals surface area contributed by atoms with Crippen molar-refractivity contribution in [3.05, 3.63) is 42.7 Å². The second-order valence-electron chi connectivity index (χ2n) is 8.53. The van der Waals surface area contributed by atoms with Gasteiger partial charge in [-0.25, -0.2) is 4.98 Å². The van der Waals surface area contributed by atoms with Crippen LogP contribution >= 0.6 is 0 Å². The minimum Gasteiger partial charge on any atom is -0.354 e. The number of anilines is 1. The highest BCUT2D eigenvalue weighted by molar-refractivity contribution is 5.81. The largest absolute Gasteiger partial charge is 0.354 e. The van der Waals surface area contributed by atoms with Gasteiger partial charge in [0.1, 0.15) is 12.1 Å². The summed E-state index contributed by atoms with van der Waals surface area (Å²) in [5.74, 6) is 1.75. The van der Waals surface area contributed by atoms with E-state index in [1.54, 1.807) is 10.8 Å². The lowest BCUT2D eigenvalue weighted by Crippen LogP contribution is -2.55. The zero-order valence-corrected chi connectivity index (χ0v) is 17.9. The van der Waals surface area contributed by atoms with Crippen molar-refractivity contribution >= 4 is 17.5 Å². The molecular weight excluding hydrogens is 390 g/mol. The molecule has 2 aromatic heterocycles. The van der Waals surface area contributed by atoms with Crippen LogP contribution in [0.1, 0.15) is 32.6 Å². The quantitative estimate of drug-likeness (QED) is 0.684. The van der Waals surface area contributed by atoms with Crippen LogP contribution in [0.2, 0.25) is 0 Å². The number of benzene rings is 1. The molecule has 31 heavy (non-hydrogen) atoms. The molecule has 8 heteroatoms. The Morgan fingerprint density at radius 1 is 1.10 bits per heavy atom. The molecule has 3 heterocycles. The highest BCUT2D eigenvalue weighted by Crippen LogP contribution is 2.25. The number of aromatic nitrogens is 4. The van der Waals surface area contributed by atoms with Gasteiger partial charge >= 0.3 is 0 Å². The van der Waals surface area contributed by atoms with E-state index < -0.39 is 0 Å². The number of hydrogen-bond donors (Lipinski definition) is 1. The summed E-state index contributed by atoms with van der Waals surface area (Å²) in [5, 5.41) is 7.63. The van der Waals surface area contributed by atoms with Crippen LogP contribution in [0.25, 0.3) is 17.0 Å². The minimum atomic E-state index is -0.105. The number of rotatable bonds is 5. The summed E-state index contributed by atoms with van der Waals surface area (Å²) < 4.78 is 1.80. The monoisotopic (exact) mass is 419 g/mol. The lowest BCUT2D eigenvalue weighted by atomic mass is 10.1. The van der Waals surface area contributed by atoms with Crippen molar-refractivity contribution in [2.75, 3.05) is 31.1 Å². The van der Waals surface area contributed by atoms with Gasteiger partial charge in [-0.3, -0.25) is 9.69 Å². The highest BCUT2D eigenvalue weighted by atomic mass is 16.2. The molecule has 1 amide bonds. The summed E-state index contributed by atoms with van der Waals surface area (Å²) in [6.07, 6.45) is 6.24. The van der Waals surface area contributed by atoms with E-state index in [4.69, 9.17) is 0 Å². The first-order valence-corrected chi connectivity index (χ1v) is 11.2. The first-order chi connectivity index (χ1) is 15.2. The number of nitrogens with zero attached hydrogens (tertiary/aromatic N) is 6. The Morgan fingerprint density at radius 2 is 1.84 bits per heavy atom. The fourth-order valence-electron chi connectivity index (χ4n) is 4.67. The molecular formula is C23H29N7O. The van der Waals surface area contributed by atoms with Crippen molar-refractivity contribution in [1.82, 2.24) is 29.8 Å². The summed E-state index contributed by atoms with van der Waals surface area (Å²) in [7, 11) is 0. The van der Waals surface area contributed by atoms with E-state index in [0.29, 0.717) is 11.8 Å². The fraction of sp³-hybridized carbons (Fsp3) is 0.478. The average molecular weight is 420 g/mol. The number of fused-ring (bicyclic) bond motifs is 1. The standard InChI is InChI=1S/C23H29N7O/c1-17(22(31)26-19-9-5-6-10-19)28-11-13-29(14-12-28)21-15-20(18-7-3-2-4-8-18)27-23-24-16-25-30(21)23/h2-4,7-8,15-17,19H,5-6,9-14H2,1H3,(H,26,31). The lowest BCUT2D eigenvalue weighted by molar-refractivity contribution is -0.126. The molecule has 1 aliphatic heterocycles. The Labute approximate surface area is 182 Å². The maximum atomic E-state index is 12.7. The summed E-state index contributed by atoms with van der Waals surface area (Å²) in [6.45, 7) is 5.34. The summed E-state index contributed by atoms with van der Waals surface area (Å²) in [5.41, 5.74) is 1.95.